The zero-order chi connectivity index (χ0) is 14.8. The number of nitrogens with one attached hydrogen (secondary N) is 1. The first-order valence-electron chi connectivity index (χ1n) is 7.05. The van der Waals surface area contributed by atoms with E-state index in [-0.39, 0.29) is 11.6 Å². The van der Waals surface area contributed by atoms with Crippen molar-refractivity contribution < 1.29 is 4.79 Å². The van der Waals surface area contributed by atoms with Crippen molar-refractivity contribution in [2.45, 2.75) is 39.8 Å². The van der Waals surface area contributed by atoms with Gasteiger partial charge in [0.05, 0.1) is 0 Å². The quantitative estimate of drug-likeness (QED) is 0.831. The molecule has 0 spiro atoms. The number of amides is 1. The molecule has 1 aromatic rings. The molecule has 3 heteroatoms. The Morgan fingerprint density at radius 2 is 1.63 bits per heavy atom. The molecule has 0 saturated heterocycles. The third kappa shape index (κ3) is 4.04. The van der Waals surface area contributed by atoms with Gasteiger partial charge < -0.3 is 0 Å². The fraction of sp³-hybridized carbons (Fsp3) is 0.562. The van der Waals surface area contributed by atoms with Crippen LogP contribution in [0.2, 0.25) is 0 Å². The van der Waals surface area contributed by atoms with Gasteiger partial charge >= 0.3 is 118 Å². The van der Waals surface area contributed by atoms with E-state index < -0.39 is 7.26 Å². The molecule has 0 saturated carbocycles. The van der Waals surface area contributed by atoms with Gasteiger partial charge in [0.15, 0.2) is 0 Å². The molecule has 0 radical (unpaired) electrons. The molecular formula is C16H28NOP. The van der Waals surface area contributed by atoms with E-state index in [0.29, 0.717) is 0 Å². The topological polar surface area (TPSA) is 29.1 Å². The van der Waals surface area contributed by atoms with E-state index in [1.807, 2.05) is 0 Å². The van der Waals surface area contributed by atoms with E-state index in [1.54, 1.807) is 0 Å². The molecule has 0 bridgehead atoms. The third-order valence-corrected chi connectivity index (χ3v) is 6.46. The second kappa shape index (κ2) is 6.05. The van der Waals surface area contributed by atoms with Crippen LogP contribution in [-0.2, 0) is 4.79 Å². The molecule has 108 valence electrons. The summed E-state index contributed by atoms with van der Waals surface area (Å²) in [5.74, 6) is 0.191. The molecule has 1 amide bonds. The molecule has 0 aliphatic rings. The molecule has 0 aromatic heterocycles. The van der Waals surface area contributed by atoms with Crippen LogP contribution in [0.15, 0.2) is 12.1 Å². The van der Waals surface area contributed by atoms with E-state index in [0.717, 1.165) is 23.2 Å². The number of hydrogen-bond donors (Lipinski definition) is 1. The second-order valence-electron chi connectivity index (χ2n) is 6.59. The van der Waals surface area contributed by atoms with Crippen LogP contribution in [0.1, 0.15) is 30.0 Å². The van der Waals surface area contributed by atoms with Crippen LogP contribution in [0, 0.1) is 20.8 Å². The van der Waals surface area contributed by atoms with Crippen LogP contribution < -0.4 is 5.32 Å². The number of rotatable bonds is 4. The van der Waals surface area contributed by atoms with Gasteiger partial charge in [-0.3, -0.25) is 0 Å². The Bertz CT molecular complexity index is 451. The summed E-state index contributed by atoms with van der Waals surface area (Å²) in [4.78, 5) is 12.5. The first kappa shape index (κ1) is 16.2. The molecule has 0 aliphatic heterocycles. The summed E-state index contributed by atoms with van der Waals surface area (Å²) in [6.45, 7) is 15.1. The molecule has 0 fully saturated rings. The maximum absolute atomic E-state index is 12.5. The molecule has 1 aromatic carbocycles. The van der Waals surface area contributed by atoms with Gasteiger partial charge in [-0.25, -0.2) is 0 Å². The first-order valence-corrected chi connectivity index (χ1v) is 10.6. The Kier molecular flexibility index (Phi) is 5.15. The number of carbonyl (C=O) groups excluding carboxylic acids is 1. The summed E-state index contributed by atoms with van der Waals surface area (Å²) in [5.41, 5.74) is 4.71. The summed E-state index contributed by atoms with van der Waals surface area (Å²) < 4.78 is 0. The van der Waals surface area contributed by atoms with Crippen molar-refractivity contribution in [2.75, 3.05) is 25.3 Å². The van der Waals surface area contributed by atoms with Crippen molar-refractivity contribution in [1.29, 1.82) is 0 Å². The zero-order valence-electron chi connectivity index (χ0n) is 13.3. The van der Waals surface area contributed by atoms with Gasteiger partial charge in [0, 0.05) is 0 Å². The molecule has 1 N–H and O–H groups in total. The molecular weight excluding hydrogens is 253 g/mol. The molecule has 0 aliphatic carbocycles. The van der Waals surface area contributed by atoms with E-state index in [9.17, 15) is 4.79 Å². The SMILES string of the molecule is CCC(C(=O)Nc1c(C)cc(C)cc1C)[PH](C)(C)C. The molecule has 1 rings (SSSR count). The molecule has 2 nitrogen and oxygen atoms in total. The minimum absolute atomic E-state index is 0.174. The summed E-state index contributed by atoms with van der Waals surface area (Å²) >= 11 is 0. The Labute approximate surface area is 118 Å². The van der Waals surface area contributed by atoms with Crippen LogP contribution in [-0.4, -0.2) is 31.6 Å². The summed E-state index contributed by atoms with van der Waals surface area (Å²) in [6, 6.07) is 4.25. The zero-order valence-corrected chi connectivity index (χ0v) is 14.3. The van der Waals surface area contributed by atoms with Gasteiger partial charge in [-0.1, -0.05) is 0 Å². The molecule has 1 unspecified atom stereocenters. The number of hydrogen-bond acceptors (Lipinski definition) is 1. The summed E-state index contributed by atoms with van der Waals surface area (Å²) in [6.07, 6.45) is 0.922. The van der Waals surface area contributed by atoms with Crippen LogP contribution in [0.25, 0.3) is 0 Å². The van der Waals surface area contributed by atoms with Gasteiger partial charge in [0.25, 0.3) is 0 Å². The Balaban J connectivity index is 3.00. The van der Waals surface area contributed by atoms with Gasteiger partial charge in [-0.2, -0.15) is 0 Å². The first-order chi connectivity index (χ1) is 8.66. The molecule has 0 heterocycles. The van der Waals surface area contributed by atoms with Gasteiger partial charge in [0.2, 0.25) is 0 Å². The van der Waals surface area contributed by atoms with Crippen molar-refractivity contribution in [2.24, 2.45) is 0 Å². The van der Waals surface area contributed by atoms with Gasteiger partial charge in [-0.15, -0.1) is 0 Å². The average Bonchev–Trinajstić information content (AvgIpc) is 2.22. The van der Waals surface area contributed by atoms with Crippen molar-refractivity contribution in [3.8, 4) is 0 Å². The standard InChI is InChI=1S/C16H28NOP/c1-8-14(19(5,6)7)16(18)17-15-12(3)9-11(2)10-13(15)4/h9-10,14,19H,8H2,1-7H3,(H,17,18). The van der Waals surface area contributed by atoms with Crippen molar-refractivity contribution in [3.05, 3.63) is 28.8 Å². The monoisotopic (exact) mass is 281 g/mol. The summed E-state index contributed by atoms with van der Waals surface area (Å²) in [7, 11) is -1.46. The Morgan fingerprint density at radius 1 is 1.16 bits per heavy atom. The normalized spacial score (nSPS) is 14.1. The fourth-order valence-electron chi connectivity index (χ4n) is 2.78. The van der Waals surface area contributed by atoms with E-state index in [4.69, 9.17) is 0 Å². The summed E-state index contributed by atoms with van der Waals surface area (Å²) in [5, 5.41) is 3.16. The number of anilines is 1. The Hall–Kier alpha value is -0.880. The van der Waals surface area contributed by atoms with Crippen molar-refractivity contribution in [3.63, 3.8) is 0 Å². The van der Waals surface area contributed by atoms with Crippen LogP contribution in [0.5, 0.6) is 0 Å². The number of benzene rings is 1. The number of carbonyl (C=O) groups is 1. The predicted molar refractivity (Wildman–Crippen MR) is 89.4 cm³/mol. The van der Waals surface area contributed by atoms with Crippen LogP contribution in [0.3, 0.4) is 0 Å². The maximum atomic E-state index is 12.5. The van der Waals surface area contributed by atoms with Crippen LogP contribution >= 0.6 is 7.26 Å². The Morgan fingerprint density at radius 3 is 2.00 bits per heavy atom. The molecule has 19 heavy (non-hydrogen) atoms. The predicted octanol–water partition coefficient (Wildman–Crippen LogP) is 3.97. The second-order valence-corrected chi connectivity index (χ2v) is 12.0. The van der Waals surface area contributed by atoms with E-state index >= 15 is 0 Å². The van der Waals surface area contributed by atoms with Crippen LogP contribution in [0.4, 0.5) is 5.69 Å². The third-order valence-electron chi connectivity index (χ3n) is 3.70. The number of aryl methyl sites for hydroxylation is 3. The van der Waals surface area contributed by atoms with E-state index in [2.05, 4.69) is 65.1 Å². The van der Waals surface area contributed by atoms with Crippen molar-refractivity contribution in [1.82, 2.24) is 0 Å². The van der Waals surface area contributed by atoms with Gasteiger partial charge in [0.1, 0.15) is 0 Å². The van der Waals surface area contributed by atoms with Gasteiger partial charge in [-0.05, 0) is 0 Å². The van der Waals surface area contributed by atoms with E-state index in [1.165, 1.54) is 5.56 Å². The van der Waals surface area contributed by atoms with Crippen molar-refractivity contribution >= 4 is 18.9 Å². The fourth-order valence-corrected chi connectivity index (χ4v) is 4.86. The molecule has 1 atom stereocenters. The minimum atomic E-state index is -1.46. The average molecular weight is 281 g/mol.